The largest absolute Gasteiger partial charge is 0.398 e. The molecule has 0 aliphatic heterocycles. The van der Waals surface area contributed by atoms with Gasteiger partial charge in [0, 0.05) is 11.6 Å². The van der Waals surface area contributed by atoms with Crippen LogP contribution < -0.4 is 10.5 Å². The molecule has 0 atom stereocenters. The molecule has 0 amide bonds. The van der Waals surface area contributed by atoms with Crippen molar-refractivity contribution in [2.75, 3.05) is 12.3 Å². The average Bonchev–Trinajstić information content (AvgIpc) is 2.40. The normalized spacial score (nSPS) is 11.5. The second kappa shape index (κ2) is 6.47. The van der Waals surface area contributed by atoms with Crippen LogP contribution in [0.25, 0.3) is 0 Å². The highest BCUT2D eigenvalue weighted by Crippen LogP contribution is 2.22. The molecule has 3 N–H and O–H groups in total. The minimum absolute atomic E-state index is 0.0525. The third-order valence-corrected chi connectivity index (χ3v) is 4.98. The SMILES string of the molecule is Cc1ccccc1CCNS(=O)(=O)c1ccc(Cl)cc1N. The van der Waals surface area contributed by atoms with E-state index in [-0.39, 0.29) is 10.6 Å². The molecule has 0 saturated heterocycles. The van der Waals surface area contributed by atoms with Gasteiger partial charge in [-0.2, -0.15) is 0 Å². The van der Waals surface area contributed by atoms with Crippen molar-refractivity contribution >= 4 is 27.3 Å². The summed E-state index contributed by atoms with van der Waals surface area (Å²) in [6, 6.07) is 12.2. The van der Waals surface area contributed by atoms with Crippen LogP contribution in [0.3, 0.4) is 0 Å². The van der Waals surface area contributed by atoms with Crippen LogP contribution >= 0.6 is 11.6 Å². The van der Waals surface area contributed by atoms with Gasteiger partial charge in [-0.25, -0.2) is 13.1 Å². The average molecular weight is 325 g/mol. The highest BCUT2D eigenvalue weighted by molar-refractivity contribution is 7.89. The van der Waals surface area contributed by atoms with Crippen LogP contribution in [0.2, 0.25) is 5.02 Å². The van der Waals surface area contributed by atoms with Crippen molar-refractivity contribution in [2.45, 2.75) is 18.2 Å². The number of nitrogens with two attached hydrogens (primary N) is 1. The molecule has 4 nitrogen and oxygen atoms in total. The second-order valence-corrected chi connectivity index (χ2v) is 6.93. The first kappa shape index (κ1) is 15.8. The first-order valence-corrected chi connectivity index (χ1v) is 8.35. The molecule has 0 aliphatic carbocycles. The summed E-state index contributed by atoms with van der Waals surface area (Å²) in [5, 5.41) is 0.409. The van der Waals surface area contributed by atoms with E-state index in [0.29, 0.717) is 18.0 Å². The summed E-state index contributed by atoms with van der Waals surface area (Å²) in [5.74, 6) is 0. The topological polar surface area (TPSA) is 72.2 Å². The third kappa shape index (κ3) is 3.97. The fraction of sp³-hybridized carbons (Fsp3) is 0.200. The minimum atomic E-state index is -3.62. The molecule has 21 heavy (non-hydrogen) atoms. The Hall–Kier alpha value is -1.56. The van der Waals surface area contributed by atoms with Crippen LogP contribution in [-0.4, -0.2) is 15.0 Å². The molecule has 0 aromatic heterocycles. The highest BCUT2D eigenvalue weighted by Gasteiger charge is 2.17. The number of hydrogen-bond acceptors (Lipinski definition) is 3. The molecule has 6 heteroatoms. The quantitative estimate of drug-likeness (QED) is 0.831. The van der Waals surface area contributed by atoms with E-state index in [1.807, 2.05) is 31.2 Å². The van der Waals surface area contributed by atoms with Gasteiger partial charge in [0.2, 0.25) is 10.0 Å². The van der Waals surface area contributed by atoms with Crippen molar-refractivity contribution in [1.82, 2.24) is 4.72 Å². The molecule has 2 aromatic carbocycles. The van der Waals surface area contributed by atoms with Crippen LogP contribution in [0.1, 0.15) is 11.1 Å². The van der Waals surface area contributed by atoms with E-state index in [1.54, 1.807) is 0 Å². The molecule has 0 radical (unpaired) electrons. The molecule has 0 spiro atoms. The summed E-state index contributed by atoms with van der Waals surface area (Å²) in [4.78, 5) is 0.0525. The molecular weight excluding hydrogens is 308 g/mol. The van der Waals surface area contributed by atoms with Gasteiger partial charge in [0.25, 0.3) is 0 Å². The maximum absolute atomic E-state index is 12.2. The van der Waals surface area contributed by atoms with E-state index in [1.165, 1.54) is 18.2 Å². The van der Waals surface area contributed by atoms with Gasteiger partial charge < -0.3 is 5.73 Å². The minimum Gasteiger partial charge on any atom is -0.398 e. The lowest BCUT2D eigenvalue weighted by atomic mass is 10.1. The highest BCUT2D eigenvalue weighted by atomic mass is 35.5. The van der Waals surface area contributed by atoms with Crippen molar-refractivity contribution in [3.63, 3.8) is 0 Å². The van der Waals surface area contributed by atoms with E-state index < -0.39 is 10.0 Å². The monoisotopic (exact) mass is 324 g/mol. The number of halogens is 1. The van der Waals surface area contributed by atoms with Crippen LogP contribution in [0.15, 0.2) is 47.4 Å². The lowest BCUT2D eigenvalue weighted by Gasteiger charge is -2.10. The van der Waals surface area contributed by atoms with Gasteiger partial charge in [0.05, 0.1) is 5.69 Å². The third-order valence-electron chi connectivity index (χ3n) is 3.21. The molecule has 0 bridgehead atoms. The number of sulfonamides is 1. The van der Waals surface area contributed by atoms with E-state index in [2.05, 4.69) is 4.72 Å². The molecule has 2 aromatic rings. The van der Waals surface area contributed by atoms with E-state index in [4.69, 9.17) is 17.3 Å². The van der Waals surface area contributed by atoms with E-state index in [0.717, 1.165) is 11.1 Å². The predicted molar refractivity (Wildman–Crippen MR) is 85.9 cm³/mol. The zero-order valence-corrected chi connectivity index (χ0v) is 13.2. The van der Waals surface area contributed by atoms with Crippen molar-refractivity contribution < 1.29 is 8.42 Å². The summed E-state index contributed by atoms with van der Waals surface area (Å²) in [6.45, 7) is 2.32. The lowest BCUT2D eigenvalue weighted by molar-refractivity contribution is 0.582. The first-order chi connectivity index (χ1) is 9.90. The molecule has 0 unspecified atom stereocenters. The number of aryl methyl sites for hydroxylation is 1. The zero-order valence-electron chi connectivity index (χ0n) is 11.6. The van der Waals surface area contributed by atoms with Gasteiger partial charge >= 0.3 is 0 Å². The number of rotatable bonds is 5. The van der Waals surface area contributed by atoms with Gasteiger partial charge in [0.15, 0.2) is 0 Å². The van der Waals surface area contributed by atoms with Crippen LogP contribution in [0.4, 0.5) is 5.69 Å². The Balaban J connectivity index is 2.07. The fourth-order valence-corrected chi connectivity index (χ4v) is 3.38. The maximum atomic E-state index is 12.2. The summed E-state index contributed by atoms with van der Waals surface area (Å²) in [6.07, 6.45) is 0.624. The number of hydrogen-bond donors (Lipinski definition) is 2. The van der Waals surface area contributed by atoms with Crippen molar-refractivity contribution in [3.8, 4) is 0 Å². The van der Waals surface area contributed by atoms with Crippen molar-refractivity contribution in [2.24, 2.45) is 0 Å². The number of benzene rings is 2. The summed E-state index contributed by atoms with van der Waals surface area (Å²) >= 11 is 5.77. The zero-order chi connectivity index (χ0) is 15.5. The van der Waals surface area contributed by atoms with Crippen molar-refractivity contribution in [3.05, 3.63) is 58.6 Å². The number of nitrogen functional groups attached to an aromatic ring is 1. The maximum Gasteiger partial charge on any atom is 0.242 e. The van der Waals surface area contributed by atoms with Gasteiger partial charge in [0.1, 0.15) is 4.90 Å². The van der Waals surface area contributed by atoms with Gasteiger partial charge in [-0.05, 0) is 42.7 Å². The van der Waals surface area contributed by atoms with Crippen LogP contribution in [0.5, 0.6) is 0 Å². The van der Waals surface area contributed by atoms with E-state index >= 15 is 0 Å². The Morgan fingerprint density at radius 3 is 2.57 bits per heavy atom. The molecular formula is C15H17ClN2O2S. The number of anilines is 1. The molecule has 0 aliphatic rings. The smallest absolute Gasteiger partial charge is 0.242 e. The van der Waals surface area contributed by atoms with Gasteiger partial charge in [-0.1, -0.05) is 35.9 Å². The summed E-state index contributed by atoms with van der Waals surface area (Å²) < 4.78 is 27.0. The Morgan fingerprint density at radius 1 is 1.19 bits per heavy atom. The number of nitrogens with one attached hydrogen (secondary N) is 1. The summed E-state index contributed by atoms with van der Waals surface area (Å²) in [5.41, 5.74) is 8.11. The Kier molecular flexibility index (Phi) is 4.88. The molecule has 112 valence electrons. The molecule has 2 rings (SSSR count). The Morgan fingerprint density at radius 2 is 1.90 bits per heavy atom. The Labute approximate surface area is 130 Å². The second-order valence-electron chi connectivity index (χ2n) is 4.76. The standard InChI is InChI=1S/C15H17ClN2O2S/c1-11-4-2-3-5-12(11)8-9-18-21(19,20)15-7-6-13(16)10-14(15)17/h2-7,10,18H,8-9,17H2,1H3. The van der Waals surface area contributed by atoms with Crippen molar-refractivity contribution in [1.29, 1.82) is 0 Å². The Bertz CT molecular complexity index is 745. The molecule has 0 fully saturated rings. The molecule has 0 saturated carbocycles. The van der Waals surface area contributed by atoms with Crippen LogP contribution in [-0.2, 0) is 16.4 Å². The summed E-state index contributed by atoms with van der Waals surface area (Å²) in [7, 11) is -3.62. The van der Waals surface area contributed by atoms with Gasteiger partial charge in [-0.3, -0.25) is 0 Å². The van der Waals surface area contributed by atoms with E-state index in [9.17, 15) is 8.42 Å². The molecule has 0 heterocycles. The van der Waals surface area contributed by atoms with Crippen LogP contribution in [0, 0.1) is 6.92 Å². The first-order valence-electron chi connectivity index (χ1n) is 6.49. The predicted octanol–water partition coefficient (Wildman–Crippen LogP) is 2.75. The fourth-order valence-electron chi connectivity index (χ4n) is 2.05. The lowest BCUT2D eigenvalue weighted by Crippen LogP contribution is -2.26. The van der Waals surface area contributed by atoms with Gasteiger partial charge in [-0.15, -0.1) is 0 Å².